The van der Waals surface area contributed by atoms with E-state index in [1.807, 2.05) is 25.1 Å². The van der Waals surface area contributed by atoms with Gasteiger partial charge in [-0.1, -0.05) is 0 Å². The number of benzene rings is 1. The van der Waals surface area contributed by atoms with Gasteiger partial charge < -0.3 is 10.6 Å². The van der Waals surface area contributed by atoms with Crippen LogP contribution < -0.4 is 10.6 Å². The molecule has 0 aliphatic carbocycles. The summed E-state index contributed by atoms with van der Waals surface area (Å²) in [5.41, 5.74) is 7.68. The average molecular weight is 164 g/mol. The molecule has 0 atom stereocenters. The minimum absolute atomic E-state index is 0.524. The van der Waals surface area contributed by atoms with Crippen molar-refractivity contribution in [3.05, 3.63) is 23.8 Å². The van der Waals surface area contributed by atoms with Crippen LogP contribution in [0.1, 0.15) is 10.4 Å². The Labute approximate surface area is 71.8 Å². The third-order valence-electron chi connectivity index (χ3n) is 1.71. The summed E-state index contributed by atoms with van der Waals surface area (Å²) >= 11 is 0. The molecule has 0 fully saturated rings. The van der Waals surface area contributed by atoms with Crippen molar-refractivity contribution in [3.63, 3.8) is 0 Å². The minimum atomic E-state index is 0.524. The van der Waals surface area contributed by atoms with Gasteiger partial charge in [0.25, 0.3) is 0 Å². The Morgan fingerprint density at radius 3 is 2.50 bits per heavy atom. The molecule has 0 radical (unpaired) electrons. The van der Waals surface area contributed by atoms with Gasteiger partial charge in [0.2, 0.25) is 0 Å². The summed E-state index contributed by atoms with van der Waals surface area (Å²) in [6.45, 7) is 0. The molecule has 12 heavy (non-hydrogen) atoms. The van der Waals surface area contributed by atoms with E-state index in [0.717, 1.165) is 12.0 Å². The van der Waals surface area contributed by atoms with Gasteiger partial charge in [-0.3, -0.25) is 4.79 Å². The number of hydrogen-bond donors (Lipinski definition) is 1. The number of aldehydes is 1. The van der Waals surface area contributed by atoms with Crippen molar-refractivity contribution in [2.45, 2.75) is 0 Å². The van der Waals surface area contributed by atoms with Crippen LogP contribution in [0.5, 0.6) is 0 Å². The average Bonchev–Trinajstić information content (AvgIpc) is 2.04. The van der Waals surface area contributed by atoms with E-state index in [1.54, 1.807) is 12.1 Å². The summed E-state index contributed by atoms with van der Waals surface area (Å²) in [6.07, 6.45) is 0.759. The minimum Gasteiger partial charge on any atom is -0.398 e. The molecule has 0 saturated heterocycles. The summed E-state index contributed by atoms with van der Waals surface area (Å²) in [5.74, 6) is 0. The van der Waals surface area contributed by atoms with Crippen LogP contribution in [-0.2, 0) is 0 Å². The van der Waals surface area contributed by atoms with Gasteiger partial charge in [-0.25, -0.2) is 0 Å². The third kappa shape index (κ3) is 1.56. The fourth-order valence-electron chi connectivity index (χ4n) is 0.948. The first-order chi connectivity index (χ1) is 5.65. The molecule has 64 valence electrons. The number of hydrogen-bond acceptors (Lipinski definition) is 3. The van der Waals surface area contributed by atoms with E-state index in [9.17, 15) is 4.79 Å². The van der Waals surface area contributed by atoms with Crippen LogP contribution in [0, 0.1) is 0 Å². The number of carbonyl (C=O) groups is 1. The second kappa shape index (κ2) is 3.26. The van der Waals surface area contributed by atoms with Crippen molar-refractivity contribution in [2.24, 2.45) is 0 Å². The highest BCUT2D eigenvalue weighted by atomic mass is 16.1. The van der Waals surface area contributed by atoms with Crippen LogP contribution in [-0.4, -0.2) is 20.4 Å². The van der Waals surface area contributed by atoms with Gasteiger partial charge in [-0.05, 0) is 18.2 Å². The highest BCUT2D eigenvalue weighted by Gasteiger charge is 1.99. The van der Waals surface area contributed by atoms with Crippen molar-refractivity contribution in [2.75, 3.05) is 24.7 Å². The van der Waals surface area contributed by atoms with Gasteiger partial charge in [0.15, 0.2) is 6.29 Å². The first-order valence-electron chi connectivity index (χ1n) is 3.67. The van der Waals surface area contributed by atoms with E-state index in [2.05, 4.69) is 0 Å². The molecule has 0 saturated carbocycles. The topological polar surface area (TPSA) is 46.3 Å². The second-order valence-corrected chi connectivity index (χ2v) is 2.83. The first kappa shape index (κ1) is 8.59. The first-order valence-corrected chi connectivity index (χ1v) is 3.67. The fourth-order valence-corrected chi connectivity index (χ4v) is 0.948. The number of nitrogen functional groups attached to an aromatic ring is 1. The van der Waals surface area contributed by atoms with Crippen LogP contribution >= 0.6 is 0 Å². The second-order valence-electron chi connectivity index (χ2n) is 2.83. The quantitative estimate of drug-likeness (QED) is 0.526. The Hall–Kier alpha value is -1.51. The van der Waals surface area contributed by atoms with Crippen molar-refractivity contribution in [1.29, 1.82) is 0 Å². The lowest BCUT2D eigenvalue weighted by Crippen LogP contribution is -2.09. The lowest BCUT2D eigenvalue weighted by Gasteiger charge is -2.13. The van der Waals surface area contributed by atoms with Gasteiger partial charge >= 0.3 is 0 Å². The Morgan fingerprint density at radius 2 is 2.08 bits per heavy atom. The van der Waals surface area contributed by atoms with Crippen LogP contribution in [0.25, 0.3) is 0 Å². The lowest BCUT2D eigenvalue weighted by molar-refractivity contribution is 0.112. The summed E-state index contributed by atoms with van der Waals surface area (Å²) in [5, 5.41) is 0. The molecular formula is C9H12N2O. The predicted molar refractivity (Wildman–Crippen MR) is 50.6 cm³/mol. The predicted octanol–water partition coefficient (Wildman–Crippen LogP) is 1.15. The molecule has 3 heteroatoms. The zero-order valence-corrected chi connectivity index (χ0v) is 7.24. The number of anilines is 2. The van der Waals surface area contributed by atoms with E-state index in [0.29, 0.717) is 11.3 Å². The van der Waals surface area contributed by atoms with E-state index in [4.69, 9.17) is 5.73 Å². The van der Waals surface area contributed by atoms with Crippen molar-refractivity contribution in [3.8, 4) is 0 Å². The zero-order valence-electron chi connectivity index (χ0n) is 7.24. The van der Waals surface area contributed by atoms with Crippen molar-refractivity contribution >= 4 is 17.7 Å². The van der Waals surface area contributed by atoms with Crippen LogP contribution in [0.3, 0.4) is 0 Å². The van der Waals surface area contributed by atoms with E-state index < -0.39 is 0 Å². The normalized spacial score (nSPS) is 9.50. The molecule has 1 aromatic carbocycles. The summed E-state index contributed by atoms with van der Waals surface area (Å²) < 4.78 is 0. The standard InChI is InChI=1S/C9H12N2O/c1-11(2)8-4-3-7(6-12)9(10)5-8/h3-6H,10H2,1-2H3. The summed E-state index contributed by atoms with van der Waals surface area (Å²) in [6, 6.07) is 5.36. The SMILES string of the molecule is CN(C)c1ccc(C=O)c(N)c1. The molecule has 3 nitrogen and oxygen atoms in total. The monoisotopic (exact) mass is 164 g/mol. The molecule has 1 rings (SSSR count). The molecule has 2 N–H and O–H groups in total. The molecule has 0 unspecified atom stereocenters. The molecular weight excluding hydrogens is 152 g/mol. The van der Waals surface area contributed by atoms with E-state index >= 15 is 0 Å². The summed E-state index contributed by atoms with van der Waals surface area (Å²) in [7, 11) is 3.85. The molecule has 0 aliphatic rings. The highest BCUT2D eigenvalue weighted by molar-refractivity contribution is 5.84. The Balaban J connectivity index is 3.10. The largest absolute Gasteiger partial charge is 0.398 e. The number of nitrogens with two attached hydrogens (primary N) is 1. The Morgan fingerprint density at radius 1 is 1.42 bits per heavy atom. The molecule has 0 amide bonds. The van der Waals surface area contributed by atoms with Crippen LogP contribution in [0.2, 0.25) is 0 Å². The zero-order chi connectivity index (χ0) is 9.14. The molecule has 0 aliphatic heterocycles. The summed E-state index contributed by atoms with van der Waals surface area (Å²) in [4.78, 5) is 12.4. The maximum Gasteiger partial charge on any atom is 0.152 e. The van der Waals surface area contributed by atoms with Gasteiger partial charge in [-0.2, -0.15) is 0 Å². The van der Waals surface area contributed by atoms with E-state index in [-0.39, 0.29) is 0 Å². The maximum absolute atomic E-state index is 10.4. The van der Waals surface area contributed by atoms with Gasteiger partial charge in [0.05, 0.1) is 0 Å². The smallest absolute Gasteiger partial charge is 0.152 e. The van der Waals surface area contributed by atoms with Gasteiger partial charge in [-0.15, -0.1) is 0 Å². The Kier molecular flexibility index (Phi) is 2.33. The fraction of sp³-hybridized carbons (Fsp3) is 0.222. The number of nitrogens with zero attached hydrogens (tertiary/aromatic N) is 1. The van der Waals surface area contributed by atoms with Gasteiger partial charge in [0, 0.05) is 31.0 Å². The van der Waals surface area contributed by atoms with Crippen LogP contribution in [0.4, 0.5) is 11.4 Å². The van der Waals surface area contributed by atoms with Crippen molar-refractivity contribution in [1.82, 2.24) is 0 Å². The number of rotatable bonds is 2. The lowest BCUT2D eigenvalue weighted by atomic mass is 10.2. The Bertz CT molecular complexity index is 295. The molecule has 1 aromatic rings. The molecule has 0 heterocycles. The van der Waals surface area contributed by atoms with E-state index in [1.165, 1.54) is 0 Å². The molecule has 0 spiro atoms. The highest BCUT2D eigenvalue weighted by Crippen LogP contribution is 2.18. The number of carbonyl (C=O) groups excluding carboxylic acids is 1. The van der Waals surface area contributed by atoms with Crippen molar-refractivity contribution < 1.29 is 4.79 Å². The third-order valence-corrected chi connectivity index (χ3v) is 1.71. The molecule has 0 bridgehead atoms. The van der Waals surface area contributed by atoms with Gasteiger partial charge in [0.1, 0.15) is 0 Å². The maximum atomic E-state index is 10.4. The molecule has 0 aromatic heterocycles. The van der Waals surface area contributed by atoms with Crippen LogP contribution in [0.15, 0.2) is 18.2 Å².